The van der Waals surface area contributed by atoms with E-state index in [-0.39, 0.29) is 5.83 Å². The van der Waals surface area contributed by atoms with Gasteiger partial charge in [0, 0.05) is 12.5 Å². The van der Waals surface area contributed by atoms with E-state index in [0.29, 0.717) is 22.8 Å². The lowest BCUT2D eigenvalue weighted by Gasteiger charge is -2.06. The molecule has 0 aliphatic heterocycles. The molecule has 70 valence electrons. The fraction of sp³-hybridized carbons (Fsp3) is 0.300. The third kappa shape index (κ3) is 2.48. The van der Waals surface area contributed by atoms with Crippen molar-refractivity contribution in [2.75, 3.05) is 7.11 Å². The minimum absolute atomic E-state index is 0.381. The van der Waals surface area contributed by atoms with Gasteiger partial charge in [0.2, 0.25) is 0 Å². The Morgan fingerprint density at radius 1 is 1.62 bits per heavy atom. The van der Waals surface area contributed by atoms with Crippen LogP contribution in [0.4, 0.5) is 4.39 Å². The van der Waals surface area contributed by atoms with Crippen LogP contribution in [0.3, 0.4) is 0 Å². The van der Waals surface area contributed by atoms with E-state index in [9.17, 15) is 4.39 Å². The largest absolute Gasteiger partial charge is 0.499 e. The van der Waals surface area contributed by atoms with Crippen LogP contribution in [-0.2, 0) is 4.74 Å². The van der Waals surface area contributed by atoms with Crippen LogP contribution in [0.1, 0.15) is 13.3 Å². The number of hydrogen-bond acceptors (Lipinski definition) is 1. The van der Waals surface area contributed by atoms with Crippen LogP contribution in [0.5, 0.6) is 0 Å². The van der Waals surface area contributed by atoms with Crippen LogP contribution in [0.15, 0.2) is 40.1 Å². The zero-order valence-electron chi connectivity index (χ0n) is 7.53. The second-order valence-corrected chi connectivity index (χ2v) is 3.08. The van der Waals surface area contributed by atoms with E-state index in [1.54, 1.807) is 13.0 Å². The summed E-state index contributed by atoms with van der Waals surface area (Å²) in [5.74, 6) is 0.245. The van der Waals surface area contributed by atoms with Gasteiger partial charge in [0.05, 0.1) is 12.1 Å². The number of allylic oxidation sites excluding steroid dienone is 4. The molecule has 0 aromatic heterocycles. The molecule has 0 atom stereocenters. The van der Waals surface area contributed by atoms with Gasteiger partial charge >= 0.3 is 0 Å². The van der Waals surface area contributed by atoms with E-state index in [1.807, 2.05) is 0 Å². The van der Waals surface area contributed by atoms with Crippen LogP contribution in [0.25, 0.3) is 0 Å². The Bertz CT molecular complexity index is 333. The van der Waals surface area contributed by atoms with Crippen molar-refractivity contribution in [3.8, 4) is 0 Å². The molecule has 1 nitrogen and oxygen atoms in total. The molecule has 0 radical (unpaired) electrons. The standard InChI is InChI=1S/C10H10ClFO/c1-7-3-6-10(13-2)8(11)4-5-9(7)12/h3-4H,6H2,1-2H3/b7-3-,10-8-. The molecule has 0 saturated carbocycles. The van der Waals surface area contributed by atoms with Crippen molar-refractivity contribution in [2.24, 2.45) is 0 Å². The monoisotopic (exact) mass is 200 g/mol. The maximum Gasteiger partial charge on any atom is 0.168 e. The normalized spacial score (nSPS) is 27.1. The second-order valence-electron chi connectivity index (χ2n) is 2.67. The lowest BCUT2D eigenvalue weighted by Crippen LogP contribution is -1.90. The smallest absolute Gasteiger partial charge is 0.168 e. The molecule has 1 rings (SSSR count). The van der Waals surface area contributed by atoms with Gasteiger partial charge in [-0.2, -0.15) is 4.39 Å². The SMILES string of the molecule is CO/C1=C(\Cl)C=C=C(F)/C(C)=C\C1. The van der Waals surface area contributed by atoms with Gasteiger partial charge in [-0.05, 0) is 12.5 Å². The van der Waals surface area contributed by atoms with Crippen LogP contribution >= 0.6 is 11.6 Å². The van der Waals surface area contributed by atoms with Gasteiger partial charge in [0.15, 0.2) is 5.83 Å². The van der Waals surface area contributed by atoms with Gasteiger partial charge in [-0.15, -0.1) is 0 Å². The summed E-state index contributed by atoms with van der Waals surface area (Å²) < 4.78 is 18.0. The van der Waals surface area contributed by atoms with E-state index in [2.05, 4.69) is 5.73 Å². The topological polar surface area (TPSA) is 9.23 Å². The van der Waals surface area contributed by atoms with Crippen LogP contribution < -0.4 is 0 Å². The first kappa shape index (κ1) is 10.1. The molecule has 0 bridgehead atoms. The summed E-state index contributed by atoms with van der Waals surface area (Å²) in [5, 5.41) is 0.390. The van der Waals surface area contributed by atoms with Gasteiger partial charge in [0.1, 0.15) is 5.76 Å². The third-order valence-corrected chi connectivity index (χ3v) is 2.10. The maximum absolute atomic E-state index is 13.0. The number of halogens is 2. The lowest BCUT2D eigenvalue weighted by molar-refractivity contribution is 0.283. The molecule has 0 heterocycles. The molecule has 1 aliphatic rings. The molecule has 0 unspecified atom stereocenters. The fourth-order valence-electron chi connectivity index (χ4n) is 0.935. The minimum Gasteiger partial charge on any atom is -0.499 e. The van der Waals surface area contributed by atoms with Crippen LogP contribution in [0, 0.1) is 0 Å². The zero-order chi connectivity index (χ0) is 9.84. The number of rotatable bonds is 1. The van der Waals surface area contributed by atoms with E-state index in [4.69, 9.17) is 16.3 Å². The summed E-state index contributed by atoms with van der Waals surface area (Å²) in [6.07, 6.45) is 3.61. The molecular weight excluding hydrogens is 191 g/mol. The van der Waals surface area contributed by atoms with Crippen molar-refractivity contribution in [1.82, 2.24) is 0 Å². The molecule has 1 aliphatic carbocycles. The van der Waals surface area contributed by atoms with Crippen molar-refractivity contribution in [2.45, 2.75) is 13.3 Å². The van der Waals surface area contributed by atoms with E-state index in [0.717, 1.165) is 0 Å². The molecule has 0 amide bonds. The van der Waals surface area contributed by atoms with Gasteiger partial charge < -0.3 is 4.74 Å². The predicted octanol–water partition coefficient (Wildman–Crippen LogP) is 3.44. The van der Waals surface area contributed by atoms with Gasteiger partial charge in [-0.25, -0.2) is 0 Å². The highest BCUT2D eigenvalue weighted by Gasteiger charge is 2.05. The van der Waals surface area contributed by atoms with Gasteiger partial charge in [0.25, 0.3) is 0 Å². The molecule has 0 aromatic carbocycles. The number of methoxy groups -OCH3 is 1. The molecule has 0 spiro atoms. The second kappa shape index (κ2) is 4.31. The maximum atomic E-state index is 13.0. The highest BCUT2D eigenvalue weighted by Crippen LogP contribution is 2.21. The Labute approximate surface area is 81.8 Å². The van der Waals surface area contributed by atoms with E-state index >= 15 is 0 Å². The molecule has 3 heteroatoms. The summed E-state index contributed by atoms with van der Waals surface area (Å²) in [4.78, 5) is 0. The summed E-state index contributed by atoms with van der Waals surface area (Å²) in [7, 11) is 1.54. The fourth-order valence-corrected chi connectivity index (χ4v) is 1.14. The number of ether oxygens (including phenoxy) is 1. The highest BCUT2D eigenvalue weighted by atomic mass is 35.5. The molecule has 13 heavy (non-hydrogen) atoms. The Morgan fingerprint density at radius 3 is 2.92 bits per heavy atom. The highest BCUT2D eigenvalue weighted by molar-refractivity contribution is 6.31. The first-order chi connectivity index (χ1) is 6.15. The molecule has 0 aromatic rings. The van der Waals surface area contributed by atoms with Crippen molar-refractivity contribution in [3.63, 3.8) is 0 Å². The first-order valence-electron chi connectivity index (χ1n) is 3.87. The Balaban J connectivity index is 3.13. The summed E-state index contributed by atoms with van der Waals surface area (Å²) in [5.41, 5.74) is 2.99. The number of hydrogen-bond donors (Lipinski definition) is 0. The quantitative estimate of drug-likeness (QED) is 0.590. The van der Waals surface area contributed by atoms with Crippen molar-refractivity contribution >= 4 is 11.6 Å². The molecular formula is C10H10ClFO. The third-order valence-electron chi connectivity index (χ3n) is 1.78. The summed E-state index contributed by atoms with van der Waals surface area (Å²) in [6, 6.07) is 0. The summed E-state index contributed by atoms with van der Waals surface area (Å²) in [6.45, 7) is 1.68. The van der Waals surface area contributed by atoms with Gasteiger partial charge in [-0.3, -0.25) is 0 Å². The van der Waals surface area contributed by atoms with Crippen LogP contribution in [-0.4, -0.2) is 7.11 Å². The average Bonchev–Trinajstić information content (AvgIpc) is 2.13. The molecule has 0 N–H and O–H groups in total. The summed E-state index contributed by atoms with van der Waals surface area (Å²) >= 11 is 5.80. The predicted molar refractivity (Wildman–Crippen MR) is 51.0 cm³/mol. The lowest BCUT2D eigenvalue weighted by atomic mass is 10.1. The Kier molecular flexibility index (Phi) is 3.35. The van der Waals surface area contributed by atoms with Gasteiger partial charge in [-0.1, -0.05) is 23.4 Å². The van der Waals surface area contributed by atoms with E-state index in [1.165, 1.54) is 13.2 Å². The van der Waals surface area contributed by atoms with E-state index < -0.39 is 0 Å². The minimum atomic E-state index is -0.381. The molecule has 0 saturated heterocycles. The van der Waals surface area contributed by atoms with Crippen molar-refractivity contribution < 1.29 is 9.13 Å². The molecule has 0 fully saturated rings. The van der Waals surface area contributed by atoms with Crippen molar-refractivity contribution in [3.05, 3.63) is 40.1 Å². The Hall–Kier alpha value is -0.980. The average molecular weight is 201 g/mol. The first-order valence-corrected chi connectivity index (χ1v) is 4.25. The Morgan fingerprint density at radius 2 is 2.31 bits per heavy atom. The zero-order valence-corrected chi connectivity index (χ0v) is 8.28. The van der Waals surface area contributed by atoms with Crippen molar-refractivity contribution in [1.29, 1.82) is 0 Å². The van der Waals surface area contributed by atoms with Crippen LogP contribution in [0.2, 0.25) is 0 Å².